The second kappa shape index (κ2) is 32.5. The number of rotatable bonds is 1. The quantitative estimate of drug-likeness (QED) is 0.436. The van der Waals surface area contributed by atoms with E-state index in [1.807, 2.05) is 6.92 Å². The van der Waals surface area contributed by atoms with Crippen molar-refractivity contribution in [3.05, 3.63) is 0 Å². The first-order valence-electron chi connectivity index (χ1n) is 2.02. The van der Waals surface area contributed by atoms with E-state index in [1.165, 1.54) is 0 Å². The van der Waals surface area contributed by atoms with E-state index in [9.17, 15) is 0 Å². The molecule has 0 radical (unpaired) electrons. The van der Waals surface area contributed by atoms with Crippen LogP contribution in [0, 0.1) is 0 Å². The number of aliphatic hydroxyl groups is 1. The van der Waals surface area contributed by atoms with Gasteiger partial charge < -0.3 is 16.4 Å². The standard InChI is InChI=1S/C3H8O.CH2O2.H3N/c1-2-3-4;2-1-3;/h4H,2-3H2,1H3;1H,(H,2,3);1H3. The molecule has 0 spiro atoms. The van der Waals surface area contributed by atoms with E-state index in [0.29, 0.717) is 6.61 Å². The van der Waals surface area contributed by atoms with Crippen LogP contribution in [-0.2, 0) is 4.79 Å². The molecule has 5 N–H and O–H groups in total. The van der Waals surface area contributed by atoms with Gasteiger partial charge in [-0.2, -0.15) is 0 Å². The molecule has 8 heavy (non-hydrogen) atoms. The van der Waals surface area contributed by atoms with Crippen LogP contribution in [0.5, 0.6) is 0 Å². The Labute approximate surface area is 48.7 Å². The lowest BCUT2D eigenvalue weighted by Crippen LogP contribution is -1.69. The average Bonchev–Trinajstić information content (AvgIpc) is 1.69. The van der Waals surface area contributed by atoms with E-state index in [4.69, 9.17) is 15.0 Å². The van der Waals surface area contributed by atoms with Crippen molar-refractivity contribution in [2.75, 3.05) is 6.61 Å². The van der Waals surface area contributed by atoms with Gasteiger partial charge in [0, 0.05) is 6.61 Å². The van der Waals surface area contributed by atoms with Gasteiger partial charge in [-0.3, -0.25) is 4.79 Å². The smallest absolute Gasteiger partial charge is 0.290 e. The zero-order chi connectivity index (χ0) is 6.12. The SMILES string of the molecule is CCCO.N.O=CO. The third-order valence-electron chi connectivity index (χ3n) is 0.224. The summed E-state index contributed by atoms with van der Waals surface area (Å²) in [7, 11) is 0. The van der Waals surface area contributed by atoms with Crippen LogP contribution in [-0.4, -0.2) is 23.3 Å². The fourth-order valence-electron chi connectivity index (χ4n) is 0. The molecule has 0 aromatic heterocycles. The Morgan fingerprint density at radius 3 is 1.75 bits per heavy atom. The highest BCUT2D eigenvalue weighted by molar-refractivity contribution is 5.32. The van der Waals surface area contributed by atoms with Crippen molar-refractivity contribution in [1.29, 1.82) is 0 Å². The lowest BCUT2D eigenvalue weighted by Gasteiger charge is -1.69. The highest BCUT2D eigenvalue weighted by Gasteiger charge is 1.57. The monoisotopic (exact) mass is 123 g/mol. The summed E-state index contributed by atoms with van der Waals surface area (Å²) < 4.78 is 0. The number of carboxylic acid groups (broad SMARTS) is 1. The fourth-order valence-corrected chi connectivity index (χ4v) is 0. The summed E-state index contributed by atoms with van der Waals surface area (Å²) in [6.45, 7) is 2.00. The predicted octanol–water partition coefficient (Wildman–Crippen LogP) is 0.251. The summed E-state index contributed by atoms with van der Waals surface area (Å²) in [6.07, 6.45) is 0.875. The van der Waals surface area contributed by atoms with E-state index in [2.05, 4.69) is 0 Å². The van der Waals surface area contributed by atoms with Gasteiger partial charge in [0.15, 0.2) is 0 Å². The summed E-state index contributed by atoms with van der Waals surface area (Å²) in [5, 5.41) is 14.8. The maximum Gasteiger partial charge on any atom is 0.290 e. The number of aliphatic hydroxyl groups excluding tert-OH is 1. The molecule has 4 nitrogen and oxygen atoms in total. The number of hydrogen-bond donors (Lipinski definition) is 3. The van der Waals surface area contributed by atoms with Crippen LogP contribution in [0.4, 0.5) is 0 Å². The average molecular weight is 123 g/mol. The van der Waals surface area contributed by atoms with Gasteiger partial charge in [0.2, 0.25) is 0 Å². The molecule has 0 aliphatic heterocycles. The minimum atomic E-state index is -0.250. The zero-order valence-electron chi connectivity index (χ0n) is 5.00. The third kappa shape index (κ3) is 683. The molecule has 0 aliphatic carbocycles. The van der Waals surface area contributed by atoms with Crippen LogP contribution in [0.15, 0.2) is 0 Å². The van der Waals surface area contributed by atoms with Gasteiger partial charge in [0.25, 0.3) is 6.47 Å². The molecule has 0 bridgehead atoms. The highest BCUT2D eigenvalue weighted by atomic mass is 16.3. The largest absolute Gasteiger partial charge is 0.483 e. The van der Waals surface area contributed by atoms with Crippen molar-refractivity contribution >= 4 is 6.47 Å². The molecule has 4 heteroatoms. The summed E-state index contributed by atoms with van der Waals surface area (Å²) in [6, 6.07) is 0. The van der Waals surface area contributed by atoms with Crippen molar-refractivity contribution in [1.82, 2.24) is 6.15 Å². The lowest BCUT2D eigenvalue weighted by atomic mass is 10.5. The molecule has 0 saturated heterocycles. The highest BCUT2D eigenvalue weighted by Crippen LogP contribution is 1.61. The Balaban J connectivity index is -0.0000000575. The maximum atomic E-state index is 8.36. The van der Waals surface area contributed by atoms with Gasteiger partial charge in [-0.1, -0.05) is 6.92 Å². The molecule has 0 unspecified atom stereocenters. The van der Waals surface area contributed by atoms with Crippen molar-refractivity contribution in [3.63, 3.8) is 0 Å². The Morgan fingerprint density at radius 2 is 1.75 bits per heavy atom. The Hall–Kier alpha value is -0.610. The van der Waals surface area contributed by atoms with Gasteiger partial charge in [-0.25, -0.2) is 0 Å². The molecule has 0 rings (SSSR count). The summed E-state index contributed by atoms with van der Waals surface area (Å²) in [4.78, 5) is 8.36. The number of hydrogen-bond acceptors (Lipinski definition) is 3. The Kier molecular flexibility index (Phi) is 63.6. The van der Waals surface area contributed by atoms with Gasteiger partial charge in [0.05, 0.1) is 0 Å². The van der Waals surface area contributed by atoms with E-state index >= 15 is 0 Å². The normalized spacial score (nSPS) is 5.25. The van der Waals surface area contributed by atoms with Gasteiger partial charge in [-0.15, -0.1) is 0 Å². The molecule has 0 heterocycles. The van der Waals surface area contributed by atoms with Crippen LogP contribution in [0.2, 0.25) is 0 Å². The van der Waals surface area contributed by atoms with E-state index in [0.717, 1.165) is 6.42 Å². The minimum Gasteiger partial charge on any atom is -0.483 e. The molecule has 52 valence electrons. The van der Waals surface area contributed by atoms with Crippen molar-refractivity contribution in [3.8, 4) is 0 Å². The summed E-state index contributed by atoms with van der Waals surface area (Å²) in [5.41, 5.74) is 0. The lowest BCUT2D eigenvalue weighted by molar-refractivity contribution is -0.122. The first-order chi connectivity index (χ1) is 3.33. The predicted molar refractivity (Wildman–Crippen MR) is 31.1 cm³/mol. The fraction of sp³-hybridized carbons (Fsp3) is 0.750. The van der Waals surface area contributed by atoms with Crippen LogP contribution in [0.25, 0.3) is 0 Å². The minimum absolute atomic E-state index is 0. The van der Waals surface area contributed by atoms with E-state index < -0.39 is 0 Å². The molecule has 0 fully saturated rings. The second-order valence-corrected chi connectivity index (χ2v) is 0.829. The van der Waals surface area contributed by atoms with Crippen LogP contribution in [0.3, 0.4) is 0 Å². The molecule has 0 aliphatic rings. The Bertz CT molecular complexity index is 30.5. The second-order valence-electron chi connectivity index (χ2n) is 0.829. The molecular weight excluding hydrogens is 110 g/mol. The molecule has 0 atom stereocenters. The van der Waals surface area contributed by atoms with Crippen molar-refractivity contribution in [2.45, 2.75) is 13.3 Å². The first-order valence-corrected chi connectivity index (χ1v) is 2.02. The number of carbonyl (C=O) groups is 1. The maximum absolute atomic E-state index is 8.36. The third-order valence-corrected chi connectivity index (χ3v) is 0.224. The zero-order valence-corrected chi connectivity index (χ0v) is 5.00. The molecule has 0 amide bonds. The van der Waals surface area contributed by atoms with E-state index in [-0.39, 0.29) is 12.6 Å². The van der Waals surface area contributed by atoms with Gasteiger partial charge >= 0.3 is 0 Å². The Morgan fingerprint density at radius 1 is 1.62 bits per heavy atom. The van der Waals surface area contributed by atoms with Crippen LogP contribution in [0.1, 0.15) is 13.3 Å². The van der Waals surface area contributed by atoms with Crippen molar-refractivity contribution < 1.29 is 15.0 Å². The summed E-state index contributed by atoms with van der Waals surface area (Å²) in [5.74, 6) is 0. The van der Waals surface area contributed by atoms with Gasteiger partial charge in [-0.05, 0) is 6.42 Å². The summed E-state index contributed by atoms with van der Waals surface area (Å²) >= 11 is 0. The molecule has 0 aromatic carbocycles. The first kappa shape index (κ1) is 15.7. The molecule has 0 aromatic rings. The van der Waals surface area contributed by atoms with Crippen LogP contribution >= 0.6 is 0 Å². The van der Waals surface area contributed by atoms with Gasteiger partial charge in [0.1, 0.15) is 0 Å². The van der Waals surface area contributed by atoms with Crippen LogP contribution < -0.4 is 6.15 Å². The topological polar surface area (TPSA) is 92.5 Å². The molecule has 0 saturated carbocycles. The van der Waals surface area contributed by atoms with Crippen molar-refractivity contribution in [2.24, 2.45) is 0 Å². The molecular formula is C4H13NO3. The van der Waals surface area contributed by atoms with E-state index in [1.54, 1.807) is 0 Å².